The van der Waals surface area contributed by atoms with Crippen molar-refractivity contribution in [2.24, 2.45) is 5.92 Å². The Labute approximate surface area is 95.4 Å². The van der Waals surface area contributed by atoms with Gasteiger partial charge in [-0.1, -0.05) is 27.7 Å². The van der Waals surface area contributed by atoms with E-state index in [9.17, 15) is 0 Å². The van der Waals surface area contributed by atoms with Gasteiger partial charge in [0.2, 0.25) is 0 Å². The minimum Gasteiger partial charge on any atom is -0.315 e. The van der Waals surface area contributed by atoms with Crippen LogP contribution in [0.3, 0.4) is 0 Å². The van der Waals surface area contributed by atoms with Crippen LogP contribution in [0.25, 0.3) is 0 Å². The molecule has 1 rings (SSSR count). The fraction of sp³-hybridized carbons (Fsp3) is 1.00. The first-order chi connectivity index (χ1) is 7.19. The molecule has 1 atom stereocenters. The van der Waals surface area contributed by atoms with Gasteiger partial charge < -0.3 is 5.32 Å². The SMILES string of the molecule is CCC(CC)N(CC(C)C)C1CCNC1. The maximum absolute atomic E-state index is 3.49. The second-order valence-corrected chi connectivity index (χ2v) is 5.21. The summed E-state index contributed by atoms with van der Waals surface area (Å²) in [5.41, 5.74) is 0. The molecular weight excluding hydrogens is 184 g/mol. The Hall–Kier alpha value is -0.0800. The summed E-state index contributed by atoms with van der Waals surface area (Å²) in [4.78, 5) is 2.75. The van der Waals surface area contributed by atoms with E-state index in [1.54, 1.807) is 0 Å². The van der Waals surface area contributed by atoms with Crippen molar-refractivity contribution in [3.8, 4) is 0 Å². The van der Waals surface area contributed by atoms with E-state index in [-0.39, 0.29) is 0 Å². The van der Waals surface area contributed by atoms with Crippen molar-refractivity contribution < 1.29 is 0 Å². The lowest BCUT2D eigenvalue weighted by atomic mass is 10.0. The largest absolute Gasteiger partial charge is 0.315 e. The lowest BCUT2D eigenvalue weighted by molar-refractivity contribution is 0.118. The zero-order valence-electron chi connectivity index (χ0n) is 10.9. The lowest BCUT2D eigenvalue weighted by Crippen LogP contribution is -2.45. The molecule has 1 aliphatic heterocycles. The van der Waals surface area contributed by atoms with Gasteiger partial charge in [-0.05, 0) is 31.7 Å². The number of hydrogen-bond acceptors (Lipinski definition) is 2. The van der Waals surface area contributed by atoms with E-state index < -0.39 is 0 Å². The third-order valence-electron chi connectivity index (χ3n) is 3.49. The molecule has 15 heavy (non-hydrogen) atoms. The van der Waals surface area contributed by atoms with Crippen LogP contribution in [-0.2, 0) is 0 Å². The second-order valence-electron chi connectivity index (χ2n) is 5.21. The molecule has 0 bridgehead atoms. The third-order valence-corrected chi connectivity index (χ3v) is 3.49. The van der Waals surface area contributed by atoms with Crippen LogP contribution in [0.2, 0.25) is 0 Å². The molecule has 1 N–H and O–H groups in total. The molecule has 0 aromatic carbocycles. The zero-order valence-corrected chi connectivity index (χ0v) is 10.9. The molecule has 1 saturated heterocycles. The van der Waals surface area contributed by atoms with Crippen LogP contribution in [0.15, 0.2) is 0 Å². The average molecular weight is 212 g/mol. The van der Waals surface area contributed by atoms with Gasteiger partial charge >= 0.3 is 0 Å². The van der Waals surface area contributed by atoms with E-state index in [2.05, 4.69) is 37.9 Å². The molecule has 0 aromatic rings. The first-order valence-corrected chi connectivity index (χ1v) is 6.65. The van der Waals surface area contributed by atoms with E-state index in [1.165, 1.54) is 38.9 Å². The van der Waals surface area contributed by atoms with E-state index in [0.717, 1.165) is 18.0 Å². The summed E-state index contributed by atoms with van der Waals surface area (Å²) in [6.45, 7) is 13.0. The molecule has 1 unspecified atom stereocenters. The van der Waals surface area contributed by atoms with Crippen LogP contribution in [0.4, 0.5) is 0 Å². The van der Waals surface area contributed by atoms with Crippen LogP contribution in [0.5, 0.6) is 0 Å². The summed E-state index contributed by atoms with van der Waals surface area (Å²) >= 11 is 0. The van der Waals surface area contributed by atoms with Gasteiger partial charge in [0.1, 0.15) is 0 Å². The topological polar surface area (TPSA) is 15.3 Å². The van der Waals surface area contributed by atoms with E-state index in [4.69, 9.17) is 0 Å². The highest BCUT2D eigenvalue weighted by atomic mass is 15.2. The summed E-state index contributed by atoms with van der Waals surface area (Å²) in [6.07, 6.45) is 3.92. The molecule has 0 radical (unpaired) electrons. The highest BCUT2D eigenvalue weighted by molar-refractivity contribution is 4.84. The van der Waals surface area contributed by atoms with Gasteiger partial charge in [0, 0.05) is 25.2 Å². The van der Waals surface area contributed by atoms with Gasteiger partial charge in [-0.25, -0.2) is 0 Å². The monoisotopic (exact) mass is 212 g/mol. The number of rotatable bonds is 6. The first-order valence-electron chi connectivity index (χ1n) is 6.65. The molecule has 2 heteroatoms. The molecule has 0 saturated carbocycles. The van der Waals surface area contributed by atoms with Crippen LogP contribution in [0.1, 0.15) is 47.0 Å². The fourth-order valence-electron chi connectivity index (χ4n) is 2.70. The normalized spacial score (nSPS) is 22.2. The van der Waals surface area contributed by atoms with Crippen molar-refractivity contribution in [2.75, 3.05) is 19.6 Å². The summed E-state index contributed by atoms with van der Waals surface area (Å²) in [5.74, 6) is 0.784. The van der Waals surface area contributed by atoms with Crippen molar-refractivity contribution in [1.82, 2.24) is 10.2 Å². The highest BCUT2D eigenvalue weighted by Crippen LogP contribution is 2.18. The molecule has 0 spiro atoms. The Kier molecular flexibility index (Phi) is 5.62. The second kappa shape index (κ2) is 6.49. The molecule has 1 aliphatic rings. The third kappa shape index (κ3) is 3.76. The standard InChI is InChI=1S/C13H28N2/c1-5-12(6-2)15(10-11(3)4)13-7-8-14-9-13/h11-14H,5-10H2,1-4H3. The summed E-state index contributed by atoms with van der Waals surface area (Å²) in [7, 11) is 0. The fourth-order valence-corrected chi connectivity index (χ4v) is 2.70. The highest BCUT2D eigenvalue weighted by Gasteiger charge is 2.27. The van der Waals surface area contributed by atoms with Crippen molar-refractivity contribution in [3.05, 3.63) is 0 Å². The molecule has 0 aromatic heterocycles. The molecule has 2 nitrogen and oxygen atoms in total. The van der Waals surface area contributed by atoms with E-state index >= 15 is 0 Å². The smallest absolute Gasteiger partial charge is 0.0235 e. The van der Waals surface area contributed by atoms with Crippen molar-refractivity contribution in [1.29, 1.82) is 0 Å². The first kappa shape index (κ1) is 13.0. The minimum atomic E-state index is 0.784. The molecular formula is C13H28N2. The van der Waals surface area contributed by atoms with Crippen molar-refractivity contribution in [3.63, 3.8) is 0 Å². The van der Waals surface area contributed by atoms with Crippen molar-refractivity contribution >= 4 is 0 Å². The number of nitrogens with one attached hydrogen (secondary N) is 1. The van der Waals surface area contributed by atoms with Gasteiger partial charge in [-0.2, -0.15) is 0 Å². The van der Waals surface area contributed by atoms with Gasteiger partial charge in [0.15, 0.2) is 0 Å². The molecule has 0 aliphatic carbocycles. The van der Waals surface area contributed by atoms with Gasteiger partial charge in [-0.15, -0.1) is 0 Å². The van der Waals surface area contributed by atoms with Crippen LogP contribution >= 0.6 is 0 Å². The lowest BCUT2D eigenvalue weighted by Gasteiger charge is -2.36. The van der Waals surface area contributed by atoms with E-state index in [1.807, 2.05) is 0 Å². The molecule has 90 valence electrons. The maximum atomic E-state index is 3.49. The Bertz CT molecular complexity index is 156. The quantitative estimate of drug-likeness (QED) is 0.728. The van der Waals surface area contributed by atoms with Crippen LogP contribution in [0, 0.1) is 5.92 Å². The molecule has 0 amide bonds. The Balaban J connectivity index is 2.57. The van der Waals surface area contributed by atoms with Crippen molar-refractivity contribution in [2.45, 2.75) is 59.0 Å². The van der Waals surface area contributed by atoms with Gasteiger partial charge in [0.05, 0.1) is 0 Å². The van der Waals surface area contributed by atoms with Gasteiger partial charge in [0.25, 0.3) is 0 Å². The maximum Gasteiger partial charge on any atom is 0.0235 e. The predicted molar refractivity (Wildman–Crippen MR) is 67.2 cm³/mol. The average Bonchev–Trinajstić information content (AvgIpc) is 2.70. The van der Waals surface area contributed by atoms with Crippen LogP contribution in [-0.4, -0.2) is 36.6 Å². The molecule has 1 heterocycles. The number of hydrogen-bond donors (Lipinski definition) is 1. The summed E-state index contributed by atoms with van der Waals surface area (Å²) in [5, 5.41) is 3.49. The Morgan fingerprint density at radius 1 is 1.27 bits per heavy atom. The Morgan fingerprint density at radius 3 is 2.33 bits per heavy atom. The summed E-state index contributed by atoms with van der Waals surface area (Å²) in [6, 6.07) is 1.58. The van der Waals surface area contributed by atoms with Crippen LogP contribution < -0.4 is 5.32 Å². The molecule has 1 fully saturated rings. The minimum absolute atomic E-state index is 0.784. The van der Waals surface area contributed by atoms with E-state index in [0.29, 0.717) is 0 Å². The Morgan fingerprint density at radius 2 is 1.93 bits per heavy atom. The zero-order chi connectivity index (χ0) is 11.3. The number of nitrogens with zero attached hydrogens (tertiary/aromatic N) is 1. The van der Waals surface area contributed by atoms with Gasteiger partial charge in [-0.3, -0.25) is 4.90 Å². The summed E-state index contributed by atoms with van der Waals surface area (Å²) < 4.78 is 0. The predicted octanol–water partition coefficient (Wildman–Crippen LogP) is 2.49.